The van der Waals surface area contributed by atoms with Crippen molar-refractivity contribution in [2.24, 2.45) is 5.92 Å². The van der Waals surface area contributed by atoms with Gasteiger partial charge in [0.2, 0.25) is 0 Å². The van der Waals surface area contributed by atoms with Crippen LogP contribution in [0.4, 0.5) is 0 Å². The van der Waals surface area contributed by atoms with Crippen LogP contribution in [0.3, 0.4) is 0 Å². The number of nitrogens with one attached hydrogen (secondary N) is 1. The third kappa shape index (κ3) is 5.57. The summed E-state index contributed by atoms with van der Waals surface area (Å²) in [6.07, 6.45) is 4.00. The standard InChI is InChI=1S/C14H22ClN3O/c1-10(2)7-11(9-18(3)4)17-14(19)12-5-6-16-8-13(12)15/h5-6,8,10-11H,7,9H2,1-4H3,(H,17,19). The molecular formula is C14H22ClN3O. The Morgan fingerprint density at radius 2 is 2.16 bits per heavy atom. The van der Waals surface area contributed by atoms with Crippen LogP contribution < -0.4 is 5.32 Å². The monoisotopic (exact) mass is 283 g/mol. The smallest absolute Gasteiger partial charge is 0.253 e. The molecule has 1 amide bonds. The van der Waals surface area contributed by atoms with Crippen LogP contribution in [0.1, 0.15) is 30.6 Å². The van der Waals surface area contributed by atoms with Crippen molar-refractivity contribution in [3.63, 3.8) is 0 Å². The SMILES string of the molecule is CC(C)CC(CN(C)C)NC(=O)c1ccncc1Cl. The molecule has 0 bridgehead atoms. The molecule has 4 nitrogen and oxygen atoms in total. The minimum Gasteiger partial charge on any atom is -0.348 e. The number of aromatic nitrogens is 1. The highest BCUT2D eigenvalue weighted by atomic mass is 35.5. The minimum atomic E-state index is -0.139. The number of hydrogen-bond donors (Lipinski definition) is 1. The van der Waals surface area contributed by atoms with Gasteiger partial charge < -0.3 is 10.2 Å². The van der Waals surface area contributed by atoms with Crippen molar-refractivity contribution in [2.45, 2.75) is 26.3 Å². The number of carbonyl (C=O) groups is 1. The Labute approximate surface area is 120 Å². The third-order valence-corrected chi connectivity index (χ3v) is 2.99. The lowest BCUT2D eigenvalue weighted by atomic mass is 10.0. The maximum atomic E-state index is 12.2. The second-order valence-electron chi connectivity index (χ2n) is 5.42. The van der Waals surface area contributed by atoms with Gasteiger partial charge in [0.15, 0.2) is 0 Å². The summed E-state index contributed by atoms with van der Waals surface area (Å²) in [5.74, 6) is 0.387. The van der Waals surface area contributed by atoms with Gasteiger partial charge in [0.05, 0.1) is 10.6 Å². The Bertz CT molecular complexity index is 411. The molecule has 0 aliphatic heterocycles. The first-order valence-electron chi connectivity index (χ1n) is 6.45. The number of nitrogens with zero attached hydrogens (tertiary/aromatic N) is 2. The van der Waals surface area contributed by atoms with Gasteiger partial charge in [-0.2, -0.15) is 0 Å². The quantitative estimate of drug-likeness (QED) is 0.872. The van der Waals surface area contributed by atoms with Crippen LogP contribution in [0.2, 0.25) is 5.02 Å². The zero-order valence-corrected chi connectivity index (χ0v) is 12.7. The third-order valence-electron chi connectivity index (χ3n) is 2.69. The number of hydrogen-bond acceptors (Lipinski definition) is 3. The highest BCUT2D eigenvalue weighted by Crippen LogP contribution is 2.14. The van der Waals surface area contributed by atoms with Gasteiger partial charge in [0.25, 0.3) is 5.91 Å². The van der Waals surface area contributed by atoms with E-state index in [2.05, 4.69) is 29.0 Å². The van der Waals surface area contributed by atoms with E-state index in [0.29, 0.717) is 16.5 Å². The lowest BCUT2D eigenvalue weighted by Crippen LogP contribution is -2.42. The van der Waals surface area contributed by atoms with Crippen molar-refractivity contribution in [1.29, 1.82) is 0 Å². The fourth-order valence-corrected chi connectivity index (χ4v) is 2.22. The highest BCUT2D eigenvalue weighted by molar-refractivity contribution is 6.33. The van der Waals surface area contributed by atoms with Crippen molar-refractivity contribution in [1.82, 2.24) is 15.2 Å². The van der Waals surface area contributed by atoms with Crippen LogP contribution >= 0.6 is 11.6 Å². The summed E-state index contributed by atoms with van der Waals surface area (Å²) in [6.45, 7) is 5.11. The van der Waals surface area contributed by atoms with Gasteiger partial charge in [-0.3, -0.25) is 9.78 Å². The Kier molecular flexibility index (Phi) is 6.25. The molecule has 1 unspecified atom stereocenters. The molecule has 0 saturated carbocycles. The number of rotatable bonds is 6. The number of likely N-dealkylation sites (N-methyl/N-ethyl adjacent to an activating group) is 1. The van der Waals surface area contributed by atoms with Crippen molar-refractivity contribution < 1.29 is 4.79 Å². The van der Waals surface area contributed by atoms with E-state index in [1.54, 1.807) is 12.3 Å². The summed E-state index contributed by atoms with van der Waals surface area (Å²) in [4.78, 5) is 18.2. The second kappa shape index (κ2) is 7.46. The summed E-state index contributed by atoms with van der Waals surface area (Å²) in [5, 5.41) is 3.43. The zero-order chi connectivity index (χ0) is 14.4. The summed E-state index contributed by atoms with van der Waals surface area (Å²) in [7, 11) is 4.00. The van der Waals surface area contributed by atoms with Gasteiger partial charge in [-0.15, -0.1) is 0 Å². The lowest BCUT2D eigenvalue weighted by molar-refractivity contribution is 0.0924. The van der Waals surface area contributed by atoms with Crippen molar-refractivity contribution in [3.8, 4) is 0 Å². The van der Waals surface area contributed by atoms with E-state index < -0.39 is 0 Å². The normalized spacial score (nSPS) is 12.8. The molecule has 0 aliphatic carbocycles. The number of carbonyl (C=O) groups excluding carboxylic acids is 1. The van der Waals surface area contributed by atoms with Crippen molar-refractivity contribution in [3.05, 3.63) is 29.0 Å². The molecule has 1 heterocycles. The number of amides is 1. The van der Waals surface area contributed by atoms with E-state index in [0.717, 1.165) is 13.0 Å². The predicted molar refractivity (Wildman–Crippen MR) is 78.5 cm³/mol. The highest BCUT2D eigenvalue weighted by Gasteiger charge is 2.17. The molecule has 0 aromatic carbocycles. The lowest BCUT2D eigenvalue weighted by Gasteiger charge is -2.24. The molecule has 106 valence electrons. The van der Waals surface area contributed by atoms with Crippen LogP contribution in [0, 0.1) is 5.92 Å². The molecule has 1 aromatic heterocycles. The number of halogens is 1. The van der Waals surface area contributed by atoms with Crippen LogP contribution in [0.5, 0.6) is 0 Å². The van der Waals surface area contributed by atoms with E-state index in [-0.39, 0.29) is 11.9 Å². The molecule has 0 fully saturated rings. The van der Waals surface area contributed by atoms with E-state index in [1.165, 1.54) is 6.20 Å². The molecule has 0 saturated heterocycles. The molecule has 1 aromatic rings. The Balaban J connectivity index is 2.73. The van der Waals surface area contributed by atoms with Crippen LogP contribution in [0.25, 0.3) is 0 Å². The largest absolute Gasteiger partial charge is 0.348 e. The van der Waals surface area contributed by atoms with Gasteiger partial charge in [-0.05, 0) is 32.5 Å². The van der Waals surface area contributed by atoms with Crippen molar-refractivity contribution in [2.75, 3.05) is 20.6 Å². The first-order chi connectivity index (χ1) is 8.90. The molecule has 5 heteroatoms. The topological polar surface area (TPSA) is 45.2 Å². The summed E-state index contributed by atoms with van der Waals surface area (Å²) >= 11 is 5.98. The van der Waals surface area contributed by atoms with Gasteiger partial charge in [-0.1, -0.05) is 25.4 Å². The van der Waals surface area contributed by atoms with E-state index in [9.17, 15) is 4.79 Å². The fourth-order valence-electron chi connectivity index (χ4n) is 2.01. The average molecular weight is 284 g/mol. The molecule has 0 radical (unpaired) electrons. The molecule has 0 spiro atoms. The molecule has 1 rings (SSSR count). The molecule has 1 atom stereocenters. The molecule has 1 N–H and O–H groups in total. The van der Waals surface area contributed by atoms with Crippen molar-refractivity contribution >= 4 is 17.5 Å². The first-order valence-corrected chi connectivity index (χ1v) is 6.83. The Hall–Kier alpha value is -1.13. The molecule has 0 aliphatic rings. The second-order valence-corrected chi connectivity index (χ2v) is 5.82. The summed E-state index contributed by atoms with van der Waals surface area (Å²) < 4.78 is 0. The van der Waals surface area contributed by atoms with Gasteiger partial charge in [-0.25, -0.2) is 0 Å². The fraction of sp³-hybridized carbons (Fsp3) is 0.571. The minimum absolute atomic E-state index is 0.117. The van der Waals surface area contributed by atoms with Crippen LogP contribution in [0.15, 0.2) is 18.5 Å². The molecule has 19 heavy (non-hydrogen) atoms. The number of pyridine rings is 1. The van der Waals surface area contributed by atoms with Crippen LogP contribution in [-0.2, 0) is 0 Å². The molecular weight excluding hydrogens is 262 g/mol. The van der Waals surface area contributed by atoms with E-state index in [4.69, 9.17) is 11.6 Å². The van der Waals surface area contributed by atoms with E-state index >= 15 is 0 Å². The van der Waals surface area contributed by atoms with E-state index in [1.807, 2.05) is 14.1 Å². The zero-order valence-electron chi connectivity index (χ0n) is 12.0. The predicted octanol–water partition coefficient (Wildman–Crippen LogP) is 2.44. The Morgan fingerprint density at radius 1 is 1.47 bits per heavy atom. The maximum absolute atomic E-state index is 12.2. The first kappa shape index (κ1) is 15.9. The summed E-state index contributed by atoms with van der Waals surface area (Å²) in [6, 6.07) is 1.76. The maximum Gasteiger partial charge on any atom is 0.253 e. The van der Waals surface area contributed by atoms with Crippen LogP contribution in [-0.4, -0.2) is 42.5 Å². The van der Waals surface area contributed by atoms with Gasteiger partial charge in [0.1, 0.15) is 0 Å². The van der Waals surface area contributed by atoms with Gasteiger partial charge in [0, 0.05) is 25.0 Å². The van der Waals surface area contributed by atoms with Gasteiger partial charge >= 0.3 is 0 Å². The Morgan fingerprint density at radius 3 is 2.68 bits per heavy atom. The average Bonchev–Trinajstić information content (AvgIpc) is 2.27. The summed E-state index contributed by atoms with van der Waals surface area (Å²) in [5.41, 5.74) is 0.476.